The summed E-state index contributed by atoms with van der Waals surface area (Å²) in [6.45, 7) is 5.59. The topological polar surface area (TPSA) is 109 Å². The van der Waals surface area contributed by atoms with E-state index in [1.165, 1.54) is 24.3 Å². The van der Waals surface area contributed by atoms with Gasteiger partial charge in [0.25, 0.3) is 20.2 Å². The molecule has 0 unspecified atom stereocenters. The molecule has 3 aromatic carbocycles. The molecule has 0 fully saturated rings. The van der Waals surface area contributed by atoms with Crippen LogP contribution in [0.1, 0.15) is 16.7 Å². The highest BCUT2D eigenvalue weighted by atomic mass is 32.2. The summed E-state index contributed by atoms with van der Waals surface area (Å²) in [5.74, 6) is 0. The van der Waals surface area contributed by atoms with E-state index in [1.54, 1.807) is 12.1 Å². The van der Waals surface area contributed by atoms with E-state index < -0.39 is 28.2 Å². The molecule has 0 radical (unpaired) electrons. The summed E-state index contributed by atoms with van der Waals surface area (Å²) >= 11 is 0. The van der Waals surface area contributed by atoms with E-state index in [0.29, 0.717) is 10.6 Å². The molecule has 0 saturated heterocycles. The van der Waals surface area contributed by atoms with Crippen LogP contribution in [-0.2, 0) is 20.2 Å². The predicted molar refractivity (Wildman–Crippen MR) is 119 cm³/mol. The quantitative estimate of drug-likeness (QED) is 0.444. The Bertz CT molecular complexity index is 1250. The zero-order valence-corrected chi connectivity index (χ0v) is 19.1. The van der Waals surface area contributed by atoms with Gasteiger partial charge in [0.05, 0.1) is 9.79 Å². The Kier molecular flexibility index (Phi) is 6.18. The predicted octanol–water partition coefficient (Wildman–Crippen LogP) is 2.86. The van der Waals surface area contributed by atoms with E-state index in [-0.39, 0.29) is 9.79 Å². The van der Waals surface area contributed by atoms with E-state index in [9.17, 15) is 25.9 Å². The lowest BCUT2D eigenvalue weighted by atomic mass is 10.2. The van der Waals surface area contributed by atoms with E-state index in [1.807, 2.05) is 45.0 Å². The molecule has 0 aliphatic heterocycles. The molecule has 0 bridgehead atoms. The normalized spacial score (nSPS) is 12.3. The average Bonchev–Trinajstić information content (AvgIpc) is 2.63. The molecular formula is C21H21O6PS2. The van der Waals surface area contributed by atoms with Gasteiger partial charge in [0, 0.05) is 0 Å². The van der Waals surface area contributed by atoms with Crippen molar-refractivity contribution in [1.29, 1.82) is 0 Å². The van der Waals surface area contributed by atoms with Crippen LogP contribution >= 0.6 is 7.92 Å². The fraction of sp³-hybridized carbons (Fsp3) is 0.143. The molecule has 6 nitrogen and oxygen atoms in total. The number of hydrogen-bond donors (Lipinski definition) is 2. The smallest absolute Gasteiger partial charge is 0.282 e. The molecule has 3 aromatic rings. The zero-order valence-electron chi connectivity index (χ0n) is 16.6. The van der Waals surface area contributed by atoms with Crippen molar-refractivity contribution in [3.8, 4) is 0 Å². The van der Waals surface area contributed by atoms with Crippen molar-refractivity contribution in [1.82, 2.24) is 0 Å². The summed E-state index contributed by atoms with van der Waals surface area (Å²) in [5, 5.41) is 2.22. The molecule has 2 N–H and O–H groups in total. The Balaban J connectivity index is 2.38. The first kappa shape index (κ1) is 22.6. The van der Waals surface area contributed by atoms with Gasteiger partial charge in [0.2, 0.25) is 0 Å². The first-order chi connectivity index (χ1) is 13.9. The Morgan fingerprint density at radius 3 is 1.53 bits per heavy atom. The Morgan fingerprint density at radius 1 is 0.667 bits per heavy atom. The van der Waals surface area contributed by atoms with E-state index in [4.69, 9.17) is 0 Å². The summed E-state index contributed by atoms with van der Waals surface area (Å²) in [4.78, 5) is -0.460. The average molecular weight is 465 g/mol. The second-order valence-electron chi connectivity index (χ2n) is 7.02. The van der Waals surface area contributed by atoms with Crippen LogP contribution in [0.4, 0.5) is 0 Å². The van der Waals surface area contributed by atoms with Crippen molar-refractivity contribution in [2.75, 3.05) is 0 Å². The molecule has 0 atom stereocenters. The molecule has 0 aliphatic carbocycles. The molecular weight excluding hydrogens is 443 g/mol. The molecule has 0 aliphatic rings. The van der Waals surface area contributed by atoms with Gasteiger partial charge >= 0.3 is 0 Å². The number of rotatable bonds is 5. The first-order valence-electron chi connectivity index (χ1n) is 8.91. The summed E-state index contributed by atoms with van der Waals surface area (Å²) in [5.41, 5.74) is 2.59. The molecule has 9 heteroatoms. The van der Waals surface area contributed by atoms with Crippen molar-refractivity contribution in [3.05, 3.63) is 77.4 Å². The molecule has 0 aromatic heterocycles. The van der Waals surface area contributed by atoms with E-state index >= 15 is 0 Å². The summed E-state index contributed by atoms with van der Waals surface area (Å²) in [7, 11) is -10.2. The van der Waals surface area contributed by atoms with Crippen LogP contribution in [0.25, 0.3) is 0 Å². The van der Waals surface area contributed by atoms with Crippen molar-refractivity contribution in [2.24, 2.45) is 0 Å². The van der Waals surface area contributed by atoms with Gasteiger partial charge in [-0.15, -0.1) is 0 Å². The van der Waals surface area contributed by atoms with Crippen LogP contribution in [0.2, 0.25) is 0 Å². The minimum Gasteiger partial charge on any atom is -0.282 e. The van der Waals surface area contributed by atoms with Gasteiger partial charge in [-0.25, -0.2) is 0 Å². The maximum atomic E-state index is 11.7. The monoisotopic (exact) mass is 464 g/mol. The van der Waals surface area contributed by atoms with Gasteiger partial charge in [-0.2, -0.15) is 16.8 Å². The third-order valence-corrected chi connectivity index (χ3v) is 9.12. The van der Waals surface area contributed by atoms with Crippen molar-refractivity contribution < 1.29 is 25.9 Å². The Morgan fingerprint density at radius 2 is 1.13 bits per heavy atom. The first-order valence-corrected chi connectivity index (χ1v) is 13.1. The summed E-state index contributed by atoms with van der Waals surface area (Å²) < 4.78 is 66.1. The Labute approximate surface area is 177 Å². The summed E-state index contributed by atoms with van der Waals surface area (Å²) in [6, 6.07) is 16.4. The largest absolute Gasteiger partial charge is 0.294 e. The second-order valence-corrected chi connectivity index (χ2v) is 12.0. The van der Waals surface area contributed by atoms with Crippen LogP contribution in [0, 0.1) is 20.8 Å². The van der Waals surface area contributed by atoms with E-state index in [2.05, 4.69) is 0 Å². The van der Waals surface area contributed by atoms with Gasteiger partial charge in [-0.05, 0) is 80.0 Å². The molecule has 0 amide bonds. The van der Waals surface area contributed by atoms with Crippen LogP contribution in [0.5, 0.6) is 0 Å². The van der Waals surface area contributed by atoms with Crippen LogP contribution in [0.15, 0.2) is 70.5 Å². The number of benzene rings is 3. The lowest BCUT2D eigenvalue weighted by molar-refractivity contribution is 0.481. The third-order valence-electron chi connectivity index (χ3n) is 4.70. The zero-order chi connectivity index (χ0) is 22.3. The number of hydrogen-bond acceptors (Lipinski definition) is 4. The van der Waals surface area contributed by atoms with Gasteiger partial charge in [-0.1, -0.05) is 42.0 Å². The highest BCUT2D eigenvalue weighted by Crippen LogP contribution is 2.37. The molecule has 0 spiro atoms. The maximum Gasteiger partial charge on any atom is 0.294 e. The lowest BCUT2D eigenvalue weighted by Gasteiger charge is -2.24. The SMILES string of the molecule is Cc1cccc(P(c2cc(S(=O)(=O)O)ccc2C)c2cc(S(=O)(=O)O)ccc2C)c1. The summed E-state index contributed by atoms with van der Waals surface area (Å²) in [6.07, 6.45) is 0. The minimum atomic E-state index is -4.42. The fourth-order valence-corrected chi connectivity index (χ4v) is 7.12. The highest BCUT2D eigenvalue weighted by molar-refractivity contribution is 7.86. The van der Waals surface area contributed by atoms with Crippen LogP contribution < -0.4 is 15.9 Å². The minimum absolute atomic E-state index is 0.230. The lowest BCUT2D eigenvalue weighted by Crippen LogP contribution is -2.25. The van der Waals surface area contributed by atoms with Crippen molar-refractivity contribution in [2.45, 2.75) is 30.6 Å². The van der Waals surface area contributed by atoms with Crippen molar-refractivity contribution in [3.63, 3.8) is 0 Å². The van der Waals surface area contributed by atoms with Gasteiger partial charge in [0.15, 0.2) is 0 Å². The van der Waals surface area contributed by atoms with Gasteiger partial charge in [0.1, 0.15) is 0 Å². The van der Waals surface area contributed by atoms with Crippen molar-refractivity contribution >= 4 is 44.1 Å². The van der Waals surface area contributed by atoms with Gasteiger partial charge < -0.3 is 0 Å². The van der Waals surface area contributed by atoms with Crippen LogP contribution in [0.3, 0.4) is 0 Å². The maximum absolute atomic E-state index is 11.7. The molecule has 158 valence electrons. The van der Waals surface area contributed by atoms with E-state index in [0.717, 1.165) is 22.0 Å². The van der Waals surface area contributed by atoms with Crippen LogP contribution in [-0.4, -0.2) is 25.9 Å². The molecule has 3 rings (SSSR count). The standard InChI is InChI=1S/C21H21O6PS2/c1-14-5-4-6-17(11-14)28(20-12-18(29(22,23)24)9-7-15(20)2)21-13-19(30(25,26)27)10-8-16(21)3/h4-13H,1-3H3,(H,22,23,24)(H,25,26,27). The molecule has 30 heavy (non-hydrogen) atoms. The van der Waals surface area contributed by atoms with Gasteiger partial charge in [-0.3, -0.25) is 9.11 Å². The second kappa shape index (κ2) is 8.21. The fourth-order valence-electron chi connectivity index (χ4n) is 3.16. The molecule has 0 heterocycles. The molecule has 0 saturated carbocycles. The third kappa shape index (κ3) is 4.79. The number of aryl methyl sites for hydroxylation is 3. The highest BCUT2D eigenvalue weighted by Gasteiger charge is 2.24. The Hall–Kier alpha value is -2.09.